The molecule has 0 radical (unpaired) electrons. The monoisotopic (exact) mass is 269 g/mol. The lowest BCUT2D eigenvalue weighted by Crippen LogP contribution is -2.05. The predicted octanol–water partition coefficient (Wildman–Crippen LogP) is 3.56. The van der Waals surface area contributed by atoms with Crippen molar-refractivity contribution in [3.63, 3.8) is 0 Å². The first-order valence-corrected chi connectivity index (χ1v) is 7.22. The quantitative estimate of drug-likeness (QED) is 0.740. The van der Waals surface area contributed by atoms with E-state index in [-0.39, 0.29) is 0 Å². The van der Waals surface area contributed by atoms with Crippen LogP contribution in [0.5, 0.6) is 0 Å². The topological polar surface area (TPSA) is 21.3 Å². The number of rotatable bonds is 8. The van der Waals surface area contributed by atoms with Gasteiger partial charge in [0.1, 0.15) is 0 Å². The molecule has 2 aromatic carbocycles. The van der Waals surface area contributed by atoms with Crippen LogP contribution in [0.4, 0.5) is 0 Å². The molecular weight excluding hydrogens is 246 g/mol. The van der Waals surface area contributed by atoms with Gasteiger partial charge in [-0.05, 0) is 36.6 Å². The van der Waals surface area contributed by atoms with Crippen LogP contribution in [0.2, 0.25) is 0 Å². The Morgan fingerprint density at radius 3 is 2.25 bits per heavy atom. The van der Waals surface area contributed by atoms with Gasteiger partial charge >= 0.3 is 0 Å². The summed E-state index contributed by atoms with van der Waals surface area (Å²) in [6.45, 7) is 2.43. The number of hydrogen-bond donors (Lipinski definition) is 1. The van der Waals surface area contributed by atoms with E-state index in [4.69, 9.17) is 4.74 Å². The Bertz CT molecular complexity index is 479. The average molecular weight is 269 g/mol. The zero-order chi connectivity index (χ0) is 14.0. The minimum absolute atomic E-state index is 0.703. The Hall–Kier alpha value is -1.64. The Balaban J connectivity index is 1.63. The molecule has 2 aromatic rings. The van der Waals surface area contributed by atoms with Gasteiger partial charge in [0.15, 0.2) is 0 Å². The molecule has 0 atom stereocenters. The van der Waals surface area contributed by atoms with Crippen molar-refractivity contribution in [1.29, 1.82) is 0 Å². The molecule has 106 valence electrons. The summed E-state index contributed by atoms with van der Waals surface area (Å²) in [6, 6.07) is 19.1. The van der Waals surface area contributed by atoms with Crippen LogP contribution < -0.4 is 5.32 Å². The smallest absolute Gasteiger partial charge is 0.0716 e. The first-order valence-electron chi connectivity index (χ1n) is 7.22. The summed E-state index contributed by atoms with van der Waals surface area (Å²) in [5, 5.41) is 3.15. The van der Waals surface area contributed by atoms with Crippen LogP contribution in [0, 0.1) is 0 Å². The van der Waals surface area contributed by atoms with E-state index in [1.54, 1.807) is 0 Å². The SMILES string of the molecule is CNCc1ccc(COCCCc2ccccc2)cc1. The Labute approximate surface area is 121 Å². The molecule has 0 spiro atoms. The molecule has 1 N–H and O–H groups in total. The molecule has 0 aromatic heterocycles. The first-order chi connectivity index (χ1) is 9.88. The van der Waals surface area contributed by atoms with Crippen molar-refractivity contribution in [1.82, 2.24) is 5.32 Å². The highest BCUT2D eigenvalue weighted by molar-refractivity contribution is 5.21. The highest BCUT2D eigenvalue weighted by Gasteiger charge is 1.96. The van der Waals surface area contributed by atoms with Crippen LogP contribution in [0.15, 0.2) is 54.6 Å². The maximum Gasteiger partial charge on any atom is 0.0716 e. The summed E-state index contributed by atoms with van der Waals surface area (Å²) in [5.74, 6) is 0. The molecule has 0 aliphatic rings. The van der Waals surface area contributed by atoms with Gasteiger partial charge in [0.2, 0.25) is 0 Å². The number of ether oxygens (including phenoxy) is 1. The average Bonchev–Trinajstić information content (AvgIpc) is 2.50. The number of nitrogens with one attached hydrogen (secondary N) is 1. The number of aryl methyl sites for hydroxylation is 1. The van der Waals surface area contributed by atoms with E-state index in [2.05, 4.69) is 59.9 Å². The van der Waals surface area contributed by atoms with Crippen molar-refractivity contribution in [2.75, 3.05) is 13.7 Å². The largest absolute Gasteiger partial charge is 0.377 e. The van der Waals surface area contributed by atoms with Crippen molar-refractivity contribution in [3.05, 3.63) is 71.3 Å². The van der Waals surface area contributed by atoms with Crippen LogP contribution in [0.25, 0.3) is 0 Å². The van der Waals surface area contributed by atoms with E-state index in [1.165, 1.54) is 16.7 Å². The summed E-state index contributed by atoms with van der Waals surface area (Å²) < 4.78 is 5.73. The fourth-order valence-electron chi connectivity index (χ4n) is 2.17. The summed E-state index contributed by atoms with van der Waals surface area (Å²) in [5.41, 5.74) is 3.93. The van der Waals surface area contributed by atoms with Crippen LogP contribution in [0.1, 0.15) is 23.1 Å². The molecule has 0 bridgehead atoms. The van der Waals surface area contributed by atoms with E-state index in [0.717, 1.165) is 26.0 Å². The lowest BCUT2D eigenvalue weighted by molar-refractivity contribution is 0.118. The van der Waals surface area contributed by atoms with Gasteiger partial charge < -0.3 is 10.1 Å². The van der Waals surface area contributed by atoms with E-state index in [9.17, 15) is 0 Å². The summed E-state index contributed by atoms with van der Waals surface area (Å²) in [6.07, 6.45) is 2.16. The lowest BCUT2D eigenvalue weighted by Gasteiger charge is -2.06. The normalized spacial score (nSPS) is 10.7. The molecule has 0 aliphatic carbocycles. The second-order valence-electron chi connectivity index (χ2n) is 4.99. The lowest BCUT2D eigenvalue weighted by atomic mass is 10.1. The molecule has 0 aliphatic heterocycles. The highest BCUT2D eigenvalue weighted by Crippen LogP contribution is 2.07. The van der Waals surface area contributed by atoms with Gasteiger partial charge in [0, 0.05) is 13.2 Å². The molecule has 0 saturated carbocycles. The third kappa shape index (κ3) is 5.16. The molecule has 20 heavy (non-hydrogen) atoms. The van der Waals surface area contributed by atoms with Crippen molar-refractivity contribution >= 4 is 0 Å². The second-order valence-corrected chi connectivity index (χ2v) is 4.99. The van der Waals surface area contributed by atoms with E-state index in [0.29, 0.717) is 6.61 Å². The van der Waals surface area contributed by atoms with Gasteiger partial charge in [0.05, 0.1) is 6.61 Å². The highest BCUT2D eigenvalue weighted by atomic mass is 16.5. The van der Waals surface area contributed by atoms with E-state index >= 15 is 0 Å². The van der Waals surface area contributed by atoms with Crippen LogP contribution in [0.3, 0.4) is 0 Å². The molecule has 0 amide bonds. The Morgan fingerprint density at radius 1 is 0.850 bits per heavy atom. The predicted molar refractivity (Wildman–Crippen MR) is 83.6 cm³/mol. The minimum atomic E-state index is 0.703. The van der Waals surface area contributed by atoms with Crippen molar-refractivity contribution < 1.29 is 4.74 Å². The molecule has 2 nitrogen and oxygen atoms in total. The van der Waals surface area contributed by atoms with E-state index in [1.807, 2.05) is 7.05 Å². The van der Waals surface area contributed by atoms with E-state index < -0.39 is 0 Å². The molecule has 2 heteroatoms. The van der Waals surface area contributed by atoms with Crippen LogP contribution in [-0.2, 0) is 24.3 Å². The van der Waals surface area contributed by atoms with Gasteiger partial charge in [-0.3, -0.25) is 0 Å². The molecular formula is C18H23NO. The molecule has 0 heterocycles. The third-order valence-corrected chi connectivity index (χ3v) is 3.27. The summed E-state index contributed by atoms with van der Waals surface area (Å²) >= 11 is 0. The molecule has 0 fully saturated rings. The van der Waals surface area contributed by atoms with Gasteiger partial charge in [-0.2, -0.15) is 0 Å². The molecule has 0 unspecified atom stereocenters. The number of benzene rings is 2. The van der Waals surface area contributed by atoms with Gasteiger partial charge in [-0.1, -0.05) is 54.6 Å². The summed E-state index contributed by atoms with van der Waals surface area (Å²) in [4.78, 5) is 0. The van der Waals surface area contributed by atoms with Crippen LogP contribution >= 0.6 is 0 Å². The fraction of sp³-hybridized carbons (Fsp3) is 0.333. The zero-order valence-electron chi connectivity index (χ0n) is 12.1. The fourth-order valence-corrected chi connectivity index (χ4v) is 2.17. The van der Waals surface area contributed by atoms with Crippen molar-refractivity contribution in [2.45, 2.75) is 26.0 Å². The molecule has 0 saturated heterocycles. The first kappa shape index (κ1) is 14.8. The molecule has 2 rings (SSSR count). The van der Waals surface area contributed by atoms with Crippen molar-refractivity contribution in [3.8, 4) is 0 Å². The third-order valence-electron chi connectivity index (χ3n) is 3.27. The van der Waals surface area contributed by atoms with Gasteiger partial charge in [0.25, 0.3) is 0 Å². The summed E-state index contributed by atoms with van der Waals surface area (Å²) in [7, 11) is 1.96. The Morgan fingerprint density at radius 2 is 1.55 bits per heavy atom. The van der Waals surface area contributed by atoms with Crippen LogP contribution in [-0.4, -0.2) is 13.7 Å². The number of hydrogen-bond acceptors (Lipinski definition) is 2. The zero-order valence-corrected chi connectivity index (χ0v) is 12.1. The Kier molecular flexibility index (Phi) is 6.28. The maximum absolute atomic E-state index is 5.73. The second kappa shape index (κ2) is 8.51. The van der Waals surface area contributed by atoms with Gasteiger partial charge in [-0.25, -0.2) is 0 Å². The minimum Gasteiger partial charge on any atom is -0.377 e. The standard InChI is InChI=1S/C18H23NO/c1-19-14-17-9-11-18(12-10-17)15-20-13-5-8-16-6-3-2-4-7-16/h2-4,6-7,9-12,19H,5,8,13-15H2,1H3. The van der Waals surface area contributed by atoms with Crippen molar-refractivity contribution in [2.24, 2.45) is 0 Å². The van der Waals surface area contributed by atoms with Gasteiger partial charge in [-0.15, -0.1) is 0 Å². The maximum atomic E-state index is 5.73.